The maximum absolute atomic E-state index is 15.9. The first-order valence-electron chi connectivity index (χ1n) is 10.9. The minimum Gasteiger partial charge on any atom is -0.369 e. The highest BCUT2D eigenvalue weighted by molar-refractivity contribution is 6.04. The highest BCUT2D eigenvalue weighted by Gasteiger charge is 2.45. The summed E-state index contributed by atoms with van der Waals surface area (Å²) in [6.07, 6.45) is 4.06. The second kappa shape index (κ2) is 6.88. The number of halogens is 1. The van der Waals surface area contributed by atoms with Crippen molar-refractivity contribution in [1.29, 1.82) is 0 Å². The van der Waals surface area contributed by atoms with Gasteiger partial charge < -0.3 is 11.1 Å². The Hall–Kier alpha value is -3.74. The van der Waals surface area contributed by atoms with Crippen LogP contribution in [-0.4, -0.2) is 27.2 Å². The molecule has 0 saturated heterocycles. The molecule has 7 heteroatoms. The van der Waals surface area contributed by atoms with E-state index in [2.05, 4.69) is 10.3 Å². The van der Waals surface area contributed by atoms with Crippen LogP contribution in [0, 0.1) is 5.82 Å². The molecular formula is C25H22FN5O. The molecule has 1 saturated carbocycles. The molecule has 0 bridgehead atoms. The normalized spacial score (nSPS) is 16.4. The summed E-state index contributed by atoms with van der Waals surface area (Å²) in [6.45, 7) is 0.744. The molecule has 2 aromatic carbocycles. The first-order chi connectivity index (χ1) is 15.6. The molecule has 1 aliphatic carbocycles. The summed E-state index contributed by atoms with van der Waals surface area (Å²) in [7, 11) is 0. The number of pyridine rings is 1. The van der Waals surface area contributed by atoms with Gasteiger partial charge in [0.05, 0.1) is 11.2 Å². The Balaban J connectivity index is 1.56. The monoisotopic (exact) mass is 427 g/mol. The van der Waals surface area contributed by atoms with Crippen LogP contribution in [-0.2, 0) is 5.54 Å². The van der Waals surface area contributed by atoms with Gasteiger partial charge in [0.1, 0.15) is 22.6 Å². The van der Waals surface area contributed by atoms with Crippen molar-refractivity contribution >= 4 is 22.6 Å². The van der Waals surface area contributed by atoms with Gasteiger partial charge in [0.25, 0.3) is 5.91 Å². The van der Waals surface area contributed by atoms with Crippen LogP contribution in [0.1, 0.15) is 36.0 Å². The van der Waals surface area contributed by atoms with Crippen LogP contribution < -0.4 is 11.1 Å². The van der Waals surface area contributed by atoms with E-state index >= 15 is 4.39 Å². The molecule has 2 aromatic heterocycles. The largest absolute Gasteiger partial charge is 0.369 e. The van der Waals surface area contributed by atoms with Crippen molar-refractivity contribution in [2.45, 2.75) is 31.2 Å². The number of aromatic nitrogens is 3. The zero-order chi connectivity index (χ0) is 21.9. The second-order valence-electron chi connectivity index (χ2n) is 8.66. The van der Waals surface area contributed by atoms with Crippen molar-refractivity contribution in [2.75, 3.05) is 11.9 Å². The molecule has 0 atom stereocenters. The molecule has 6 rings (SSSR count). The standard InChI is InChI=1S/C25H22FN5O/c26-20-17(9-7-16-8-10-18(29-21(16)20)15-5-2-1-3-6-15)22-19(23(27)32)24-28-14-13-25(11-4-12-25)31(24)30-22/h1-3,5-10,28H,4,11-14H2,(H2,27,32). The first kappa shape index (κ1) is 19.0. The van der Waals surface area contributed by atoms with Gasteiger partial charge in [-0.2, -0.15) is 5.10 Å². The smallest absolute Gasteiger partial charge is 0.254 e. The van der Waals surface area contributed by atoms with Crippen LogP contribution in [0.15, 0.2) is 54.6 Å². The fourth-order valence-electron chi connectivity index (χ4n) is 5.02. The molecule has 0 radical (unpaired) electrons. The SMILES string of the molecule is NC(=O)c1c(-c2ccc3ccc(-c4ccccc4)nc3c2F)nn2c1NCCC21CCC1. The number of nitrogens with two attached hydrogens (primary N) is 1. The summed E-state index contributed by atoms with van der Waals surface area (Å²) in [4.78, 5) is 17.1. The van der Waals surface area contributed by atoms with Gasteiger partial charge in [-0.1, -0.05) is 42.5 Å². The minimum atomic E-state index is -0.615. The number of nitrogens with one attached hydrogen (secondary N) is 1. The fourth-order valence-corrected chi connectivity index (χ4v) is 5.02. The van der Waals surface area contributed by atoms with E-state index in [1.807, 2.05) is 53.2 Å². The van der Waals surface area contributed by atoms with Crippen LogP contribution >= 0.6 is 0 Å². The molecular weight excluding hydrogens is 405 g/mol. The number of anilines is 1. The van der Waals surface area contributed by atoms with Gasteiger partial charge in [-0.05, 0) is 37.8 Å². The maximum Gasteiger partial charge on any atom is 0.254 e. The summed E-state index contributed by atoms with van der Waals surface area (Å²) in [5.41, 5.74) is 8.26. The molecule has 0 unspecified atom stereocenters. The average Bonchev–Trinajstić information content (AvgIpc) is 3.18. The second-order valence-corrected chi connectivity index (χ2v) is 8.66. The topological polar surface area (TPSA) is 85.8 Å². The third kappa shape index (κ3) is 2.67. The van der Waals surface area contributed by atoms with Crippen molar-refractivity contribution in [3.8, 4) is 22.5 Å². The zero-order valence-corrected chi connectivity index (χ0v) is 17.4. The Morgan fingerprint density at radius 1 is 1.06 bits per heavy atom. The lowest BCUT2D eigenvalue weighted by atomic mass is 9.73. The van der Waals surface area contributed by atoms with Crippen LogP contribution in [0.25, 0.3) is 33.4 Å². The highest BCUT2D eigenvalue weighted by Crippen LogP contribution is 2.48. The quantitative estimate of drug-likeness (QED) is 0.496. The molecule has 1 spiro atoms. The number of rotatable bonds is 3. The van der Waals surface area contributed by atoms with E-state index in [0.717, 1.165) is 37.8 Å². The lowest BCUT2D eigenvalue weighted by Crippen LogP contribution is -2.46. The van der Waals surface area contributed by atoms with E-state index in [0.29, 0.717) is 16.9 Å². The molecule has 6 nitrogen and oxygen atoms in total. The molecule has 160 valence electrons. The number of benzene rings is 2. The van der Waals surface area contributed by atoms with Crippen molar-refractivity contribution in [3.63, 3.8) is 0 Å². The Bertz CT molecular complexity index is 1370. The lowest BCUT2D eigenvalue weighted by Gasteiger charge is -2.45. The third-order valence-electron chi connectivity index (χ3n) is 6.87. The number of amides is 1. The predicted molar refractivity (Wildman–Crippen MR) is 122 cm³/mol. The highest BCUT2D eigenvalue weighted by atomic mass is 19.1. The molecule has 4 aromatic rings. The minimum absolute atomic E-state index is 0.102. The summed E-state index contributed by atoms with van der Waals surface area (Å²) in [6, 6.07) is 16.9. The van der Waals surface area contributed by atoms with E-state index in [1.165, 1.54) is 0 Å². The molecule has 2 aliphatic rings. The van der Waals surface area contributed by atoms with Crippen LogP contribution in [0.3, 0.4) is 0 Å². The van der Waals surface area contributed by atoms with Crippen LogP contribution in [0.2, 0.25) is 0 Å². The Labute approximate surface area is 184 Å². The average molecular weight is 427 g/mol. The number of hydrogen-bond donors (Lipinski definition) is 2. The fraction of sp³-hybridized carbons (Fsp3) is 0.240. The Morgan fingerprint density at radius 3 is 2.56 bits per heavy atom. The van der Waals surface area contributed by atoms with Gasteiger partial charge in [-0.25, -0.2) is 14.1 Å². The Morgan fingerprint density at radius 2 is 1.84 bits per heavy atom. The van der Waals surface area contributed by atoms with Gasteiger partial charge in [0.15, 0.2) is 5.82 Å². The third-order valence-corrected chi connectivity index (χ3v) is 6.87. The zero-order valence-electron chi connectivity index (χ0n) is 17.4. The van der Waals surface area contributed by atoms with Gasteiger partial charge in [-0.15, -0.1) is 0 Å². The van der Waals surface area contributed by atoms with Gasteiger partial charge in [0.2, 0.25) is 0 Å². The van der Waals surface area contributed by atoms with Crippen molar-refractivity contribution in [3.05, 3.63) is 66.0 Å². The number of carbonyl (C=O) groups is 1. The van der Waals surface area contributed by atoms with Crippen LogP contribution in [0.5, 0.6) is 0 Å². The summed E-state index contributed by atoms with van der Waals surface area (Å²) >= 11 is 0. The van der Waals surface area contributed by atoms with E-state index in [-0.39, 0.29) is 27.9 Å². The number of hydrogen-bond acceptors (Lipinski definition) is 4. The summed E-state index contributed by atoms with van der Waals surface area (Å²) in [5.74, 6) is -0.513. The van der Waals surface area contributed by atoms with Gasteiger partial charge >= 0.3 is 0 Å². The van der Waals surface area contributed by atoms with Gasteiger partial charge in [0, 0.05) is 23.1 Å². The van der Waals surface area contributed by atoms with E-state index in [4.69, 9.17) is 10.8 Å². The van der Waals surface area contributed by atoms with E-state index in [9.17, 15) is 4.79 Å². The van der Waals surface area contributed by atoms with Crippen molar-refractivity contribution in [1.82, 2.24) is 14.8 Å². The molecule has 1 amide bonds. The summed E-state index contributed by atoms with van der Waals surface area (Å²) < 4.78 is 17.7. The molecule has 1 aliphatic heterocycles. The van der Waals surface area contributed by atoms with Crippen LogP contribution in [0.4, 0.5) is 10.2 Å². The molecule has 3 heterocycles. The van der Waals surface area contributed by atoms with E-state index in [1.54, 1.807) is 6.07 Å². The number of carbonyl (C=O) groups excluding carboxylic acids is 1. The van der Waals surface area contributed by atoms with Crippen molar-refractivity contribution in [2.24, 2.45) is 5.73 Å². The van der Waals surface area contributed by atoms with Gasteiger partial charge in [-0.3, -0.25) is 4.79 Å². The van der Waals surface area contributed by atoms with Crippen molar-refractivity contribution < 1.29 is 9.18 Å². The maximum atomic E-state index is 15.9. The number of primary amides is 1. The summed E-state index contributed by atoms with van der Waals surface area (Å²) in [5, 5.41) is 8.71. The lowest BCUT2D eigenvalue weighted by molar-refractivity contribution is 0.0996. The first-order valence-corrected chi connectivity index (χ1v) is 10.9. The van der Waals surface area contributed by atoms with E-state index < -0.39 is 11.7 Å². The predicted octanol–water partition coefficient (Wildman–Crippen LogP) is 4.70. The molecule has 3 N–H and O–H groups in total. The molecule has 32 heavy (non-hydrogen) atoms. The number of fused-ring (bicyclic) bond motifs is 3. The Kier molecular flexibility index (Phi) is 4.08. The number of nitrogens with zero attached hydrogens (tertiary/aromatic N) is 3. The molecule has 1 fully saturated rings.